The third-order valence-electron chi connectivity index (χ3n) is 3.09. The SMILES string of the molecule is CCOc1c(N)cccc1C(=O)N(C)Cc1cnn(C)c1. The van der Waals surface area contributed by atoms with E-state index in [2.05, 4.69) is 5.10 Å². The number of hydrogen-bond acceptors (Lipinski definition) is 4. The van der Waals surface area contributed by atoms with Gasteiger partial charge in [0.15, 0.2) is 5.75 Å². The molecule has 2 rings (SSSR count). The van der Waals surface area contributed by atoms with Gasteiger partial charge in [-0.15, -0.1) is 0 Å². The summed E-state index contributed by atoms with van der Waals surface area (Å²) in [4.78, 5) is 14.2. The monoisotopic (exact) mass is 288 g/mol. The molecule has 0 aliphatic rings. The summed E-state index contributed by atoms with van der Waals surface area (Å²) in [6.07, 6.45) is 3.62. The molecule has 0 atom stereocenters. The molecule has 1 amide bonds. The van der Waals surface area contributed by atoms with E-state index in [9.17, 15) is 4.79 Å². The molecule has 21 heavy (non-hydrogen) atoms. The molecule has 1 heterocycles. The van der Waals surface area contributed by atoms with E-state index >= 15 is 0 Å². The van der Waals surface area contributed by atoms with E-state index in [-0.39, 0.29) is 5.91 Å². The van der Waals surface area contributed by atoms with Crippen molar-refractivity contribution >= 4 is 11.6 Å². The Balaban J connectivity index is 2.21. The smallest absolute Gasteiger partial charge is 0.257 e. The van der Waals surface area contributed by atoms with Crippen molar-refractivity contribution in [3.63, 3.8) is 0 Å². The van der Waals surface area contributed by atoms with Crippen LogP contribution in [0, 0.1) is 0 Å². The second-order valence-electron chi connectivity index (χ2n) is 4.84. The lowest BCUT2D eigenvalue weighted by Crippen LogP contribution is -2.26. The molecule has 0 saturated carbocycles. The van der Waals surface area contributed by atoms with Gasteiger partial charge in [-0.3, -0.25) is 9.48 Å². The highest BCUT2D eigenvalue weighted by Crippen LogP contribution is 2.27. The Morgan fingerprint density at radius 3 is 2.86 bits per heavy atom. The molecular weight excluding hydrogens is 268 g/mol. The third-order valence-corrected chi connectivity index (χ3v) is 3.09. The topological polar surface area (TPSA) is 73.4 Å². The Labute approximate surface area is 124 Å². The van der Waals surface area contributed by atoms with Crippen LogP contribution >= 0.6 is 0 Å². The quantitative estimate of drug-likeness (QED) is 0.849. The minimum absolute atomic E-state index is 0.130. The van der Waals surface area contributed by atoms with Crippen LogP contribution in [0.3, 0.4) is 0 Å². The summed E-state index contributed by atoms with van der Waals surface area (Å²) in [5, 5.41) is 4.10. The number of aryl methyl sites for hydroxylation is 1. The fourth-order valence-electron chi connectivity index (χ4n) is 2.13. The average molecular weight is 288 g/mol. The molecule has 2 aromatic rings. The Kier molecular flexibility index (Phi) is 4.47. The summed E-state index contributed by atoms with van der Waals surface area (Å²) >= 11 is 0. The van der Waals surface area contributed by atoms with Crippen molar-refractivity contribution in [3.05, 3.63) is 41.7 Å². The predicted octanol–water partition coefficient (Wildman–Crippen LogP) is 1.67. The van der Waals surface area contributed by atoms with Gasteiger partial charge in [0.2, 0.25) is 0 Å². The lowest BCUT2D eigenvalue weighted by Gasteiger charge is -2.19. The summed E-state index contributed by atoms with van der Waals surface area (Å²) in [5.74, 6) is 0.317. The lowest BCUT2D eigenvalue weighted by molar-refractivity contribution is 0.0781. The number of carbonyl (C=O) groups is 1. The fourth-order valence-corrected chi connectivity index (χ4v) is 2.13. The van der Waals surface area contributed by atoms with E-state index in [0.717, 1.165) is 5.56 Å². The first-order valence-corrected chi connectivity index (χ1v) is 6.77. The number of para-hydroxylation sites is 1. The van der Waals surface area contributed by atoms with Gasteiger partial charge in [0.1, 0.15) is 0 Å². The van der Waals surface area contributed by atoms with Crippen LogP contribution in [0.1, 0.15) is 22.8 Å². The first-order valence-electron chi connectivity index (χ1n) is 6.77. The van der Waals surface area contributed by atoms with Crippen LogP contribution in [0.5, 0.6) is 5.75 Å². The number of hydrogen-bond donors (Lipinski definition) is 1. The number of aromatic nitrogens is 2. The highest BCUT2D eigenvalue weighted by molar-refractivity contribution is 5.98. The molecule has 0 fully saturated rings. The molecule has 112 valence electrons. The van der Waals surface area contributed by atoms with Gasteiger partial charge in [0.25, 0.3) is 5.91 Å². The van der Waals surface area contributed by atoms with Crippen LogP contribution in [-0.2, 0) is 13.6 Å². The van der Waals surface area contributed by atoms with E-state index in [1.807, 2.05) is 20.2 Å². The molecule has 0 radical (unpaired) electrons. The fraction of sp³-hybridized carbons (Fsp3) is 0.333. The number of anilines is 1. The van der Waals surface area contributed by atoms with Crippen molar-refractivity contribution < 1.29 is 9.53 Å². The van der Waals surface area contributed by atoms with Crippen LogP contribution in [0.25, 0.3) is 0 Å². The number of carbonyl (C=O) groups excluding carboxylic acids is 1. The Bertz CT molecular complexity index is 636. The molecule has 0 spiro atoms. The molecule has 0 saturated heterocycles. The standard InChI is InChI=1S/C15H20N4O2/c1-4-21-14-12(6-5-7-13(14)16)15(20)18(2)9-11-8-17-19(3)10-11/h5-8,10H,4,9,16H2,1-3H3. The highest BCUT2D eigenvalue weighted by Gasteiger charge is 2.19. The van der Waals surface area contributed by atoms with Gasteiger partial charge < -0.3 is 15.4 Å². The largest absolute Gasteiger partial charge is 0.491 e. The Hall–Kier alpha value is -2.50. The third kappa shape index (κ3) is 3.34. The van der Waals surface area contributed by atoms with Crippen molar-refractivity contribution in [1.29, 1.82) is 0 Å². The molecule has 1 aromatic carbocycles. The predicted molar refractivity (Wildman–Crippen MR) is 81.0 cm³/mol. The Morgan fingerprint density at radius 2 is 2.24 bits per heavy atom. The molecule has 0 bridgehead atoms. The molecule has 0 aliphatic heterocycles. The maximum absolute atomic E-state index is 12.6. The van der Waals surface area contributed by atoms with E-state index < -0.39 is 0 Å². The second-order valence-corrected chi connectivity index (χ2v) is 4.84. The van der Waals surface area contributed by atoms with Crippen molar-refractivity contribution in [3.8, 4) is 5.75 Å². The molecular formula is C15H20N4O2. The molecule has 2 N–H and O–H groups in total. The van der Waals surface area contributed by atoms with Crippen LogP contribution in [0.2, 0.25) is 0 Å². The van der Waals surface area contributed by atoms with Crippen LogP contribution in [0.15, 0.2) is 30.6 Å². The first-order chi connectivity index (χ1) is 10.0. The molecule has 0 aliphatic carbocycles. The van der Waals surface area contributed by atoms with Gasteiger partial charge in [0.05, 0.1) is 24.1 Å². The number of ether oxygens (including phenoxy) is 1. The van der Waals surface area contributed by atoms with E-state index in [1.54, 1.807) is 41.0 Å². The molecule has 6 nitrogen and oxygen atoms in total. The van der Waals surface area contributed by atoms with E-state index in [4.69, 9.17) is 10.5 Å². The van der Waals surface area contributed by atoms with Crippen LogP contribution in [0.4, 0.5) is 5.69 Å². The zero-order valence-corrected chi connectivity index (χ0v) is 12.5. The molecule has 0 unspecified atom stereocenters. The van der Waals surface area contributed by atoms with Crippen molar-refractivity contribution in [2.75, 3.05) is 19.4 Å². The normalized spacial score (nSPS) is 10.4. The number of nitrogens with two attached hydrogens (primary N) is 1. The van der Waals surface area contributed by atoms with Gasteiger partial charge in [-0.05, 0) is 19.1 Å². The highest BCUT2D eigenvalue weighted by atomic mass is 16.5. The number of nitrogens with zero attached hydrogens (tertiary/aromatic N) is 3. The second kappa shape index (κ2) is 6.30. The van der Waals surface area contributed by atoms with E-state index in [1.165, 1.54) is 0 Å². The number of benzene rings is 1. The van der Waals surface area contributed by atoms with Gasteiger partial charge in [0, 0.05) is 32.4 Å². The van der Waals surface area contributed by atoms with Gasteiger partial charge >= 0.3 is 0 Å². The number of amides is 1. The van der Waals surface area contributed by atoms with Gasteiger partial charge in [-0.25, -0.2) is 0 Å². The summed E-state index contributed by atoms with van der Waals surface area (Å²) in [5.41, 5.74) is 7.81. The summed E-state index contributed by atoms with van der Waals surface area (Å²) < 4.78 is 7.21. The summed E-state index contributed by atoms with van der Waals surface area (Å²) in [6.45, 7) is 2.80. The van der Waals surface area contributed by atoms with E-state index in [0.29, 0.717) is 30.2 Å². The zero-order valence-electron chi connectivity index (χ0n) is 12.5. The molecule has 6 heteroatoms. The summed E-state index contributed by atoms with van der Waals surface area (Å²) in [6, 6.07) is 5.20. The number of nitrogen functional groups attached to an aromatic ring is 1. The molecule has 1 aromatic heterocycles. The van der Waals surface area contributed by atoms with Crippen LogP contribution in [-0.4, -0.2) is 34.2 Å². The average Bonchev–Trinajstić information content (AvgIpc) is 2.85. The summed E-state index contributed by atoms with van der Waals surface area (Å²) in [7, 11) is 3.59. The zero-order chi connectivity index (χ0) is 15.4. The first kappa shape index (κ1) is 14.9. The van der Waals surface area contributed by atoms with Gasteiger partial charge in [-0.2, -0.15) is 5.10 Å². The lowest BCUT2D eigenvalue weighted by atomic mass is 10.1. The number of rotatable bonds is 5. The minimum atomic E-state index is -0.130. The maximum atomic E-state index is 12.6. The van der Waals surface area contributed by atoms with Gasteiger partial charge in [-0.1, -0.05) is 6.07 Å². The van der Waals surface area contributed by atoms with Crippen molar-refractivity contribution in [1.82, 2.24) is 14.7 Å². The van der Waals surface area contributed by atoms with Crippen LogP contribution < -0.4 is 10.5 Å². The van der Waals surface area contributed by atoms with Crippen molar-refractivity contribution in [2.24, 2.45) is 7.05 Å². The Morgan fingerprint density at radius 1 is 1.48 bits per heavy atom. The minimum Gasteiger partial charge on any atom is -0.491 e. The maximum Gasteiger partial charge on any atom is 0.257 e. The van der Waals surface area contributed by atoms with Crippen molar-refractivity contribution in [2.45, 2.75) is 13.5 Å².